The number of rotatable bonds is 4. The number of aliphatic hydroxyl groups is 1. The summed E-state index contributed by atoms with van der Waals surface area (Å²) in [6.45, 7) is 3.91. The third-order valence-electron chi connectivity index (χ3n) is 2.08. The fourth-order valence-corrected chi connectivity index (χ4v) is 1.97. The van der Waals surface area contributed by atoms with Crippen molar-refractivity contribution in [2.24, 2.45) is 5.92 Å². The van der Waals surface area contributed by atoms with E-state index in [4.69, 9.17) is 0 Å². The number of benzene rings is 1. The van der Waals surface area contributed by atoms with Crippen LogP contribution in [0.3, 0.4) is 0 Å². The molecule has 0 bridgehead atoms. The van der Waals surface area contributed by atoms with Crippen molar-refractivity contribution in [2.75, 3.05) is 5.75 Å². The van der Waals surface area contributed by atoms with E-state index in [9.17, 15) is 5.11 Å². The Kier molecular flexibility index (Phi) is 4.33. The van der Waals surface area contributed by atoms with E-state index in [1.807, 2.05) is 25.1 Å². The molecule has 13 heavy (non-hydrogen) atoms. The normalized spacial score (nSPS) is 15.3. The van der Waals surface area contributed by atoms with Crippen LogP contribution >= 0.6 is 11.8 Å². The van der Waals surface area contributed by atoms with Crippen molar-refractivity contribution in [1.82, 2.24) is 0 Å². The summed E-state index contributed by atoms with van der Waals surface area (Å²) in [6, 6.07) is 10.3. The van der Waals surface area contributed by atoms with Crippen molar-refractivity contribution in [1.29, 1.82) is 0 Å². The maximum Gasteiger partial charge on any atom is 0.0545 e. The predicted octanol–water partition coefficient (Wildman–Crippen LogP) is 2.80. The lowest BCUT2D eigenvalue weighted by molar-refractivity contribution is 0.147. The van der Waals surface area contributed by atoms with E-state index in [-0.39, 0.29) is 6.10 Å². The Bertz CT molecular complexity index is 233. The topological polar surface area (TPSA) is 20.2 Å². The van der Waals surface area contributed by atoms with Crippen LogP contribution in [0.5, 0.6) is 0 Å². The highest BCUT2D eigenvalue weighted by Crippen LogP contribution is 2.21. The van der Waals surface area contributed by atoms with E-state index in [2.05, 4.69) is 19.1 Å². The molecular formula is C11H16OS. The third-order valence-corrected chi connectivity index (χ3v) is 3.38. The van der Waals surface area contributed by atoms with Crippen LogP contribution in [-0.4, -0.2) is 17.0 Å². The van der Waals surface area contributed by atoms with Crippen molar-refractivity contribution < 1.29 is 5.11 Å². The molecule has 2 heteroatoms. The van der Waals surface area contributed by atoms with Crippen LogP contribution in [0.4, 0.5) is 0 Å². The lowest BCUT2D eigenvalue weighted by atomic mass is 10.1. The van der Waals surface area contributed by atoms with Crippen molar-refractivity contribution in [2.45, 2.75) is 24.8 Å². The van der Waals surface area contributed by atoms with Crippen molar-refractivity contribution in [3.05, 3.63) is 30.3 Å². The average molecular weight is 196 g/mol. The fourth-order valence-electron chi connectivity index (χ4n) is 0.884. The summed E-state index contributed by atoms with van der Waals surface area (Å²) < 4.78 is 0. The van der Waals surface area contributed by atoms with Crippen LogP contribution in [0.25, 0.3) is 0 Å². The van der Waals surface area contributed by atoms with Crippen LogP contribution in [0.1, 0.15) is 13.8 Å². The van der Waals surface area contributed by atoms with Gasteiger partial charge in [0.2, 0.25) is 0 Å². The molecule has 1 N–H and O–H groups in total. The molecule has 0 fully saturated rings. The molecule has 0 aliphatic heterocycles. The average Bonchev–Trinajstić information content (AvgIpc) is 2.15. The SMILES string of the molecule is C[C@H](CSc1ccccc1)[C@@H](C)O. The monoisotopic (exact) mass is 196 g/mol. The van der Waals surface area contributed by atoms with Gasteiger partial charge in [0.25, 0.3) is 0 Å². The van der Waals surface area contributed by atoms with Crippen LogP contribution in [-0.2, 0) is 0 Å². The molecule has 1 aromatic rings. The second-order valence-electron chi connectivity index (χ2n) is 3.34. The van der Waals surface area contributed by atoms with Crippen molar-refractivity contribution in [3.8, 4) is 0 Å². The Morgan fingerprint density at radius 3 is 2.38 bits per heavy atom. The Labute approximate surface area is 84.2 Å². The van der Waals surface area contributed by atoms with Gasteiger partial charge in [0, 0.05) is 10.6 Å². The standard InChI is InChI=1S/C11H16OS/c1-9(10(2)12)8-13-11-6-4-3-5-7-11/h3-7,9-10,12H,8H2,1-2H3/t9-,10-/m1/s1. The van der Waals surface area contributed by atoms with Gasteiger partial charge in [-0.05, 0) is 25.0 Å². The molecule has 0 aliphatic rings. The maximum absolute atomic E-state index is 9.29. The largest absolute Gasteiger partial charge is 0.393 e. The van der Waals surface area contributed by atoms with Gasteiger partial charge >= 0.3 is 0 Å². The van der Waals surface area contributed by atoms with Gasteiger partial charge in [-0.25, -0.2) is 0 Å². The molecule has 0 heterocycles. The number of thioether (sulfide) groups is 1. The molecule has 0 saturated carbocycles. The second-order valence-corrected chi connectivity index (χ2v) is 4.44. The zero-order valence-corrected chi connectivity index (χ0v) is 8.92. The minimum Gasteiger partial charge on any atom is -0.393 e. The Hall–Kier alpha value is -0.470. The highest BCUT2D eigenvalue weighted by molar-refractivity contribution is 7.99. The lowest BCUT2D eigenvalue weighted by Gasteiger charge is -2.13. The summed E-state index contributed by atoms with van der Waals surface area (Å²) in [6.07, 6.45) is -0.212. The van der Waals surface area contributed by atoms with Gasteiger partial charge in [-0.2, -0.15) is 0 Å². The van der Waals surface area contributed by atoms with E-state index in [1.165, 1.54) is 4.90 Å². The van der Waals surface area contributed by atoms with E-state index >= 15 is 0 Å². The maximum atomic E-state index is 9.29. The molecule has 2 atom stereocenters. The van der Waals surface area contributed by atoms with Crippen molar-refractivity contribution in [3.63, 3.8) is 0 Å². The summed E-state index contributed by atoms with van der Waals surface area (Å²) in [7, 11) is 0. The predicted molar refractivity (Wildman–Crippen MR) is 58.0 cm³/mol. The smallest absolute Gasteiger partial charge is 0.0545 e. The number of aliphatic hydroxyl groups excluding tert-OH is 1. The molecule has 0 amide bonds. The molecule has 0 unspecified atom stereocenters. The second kappa shape index (κ2) is 5.30. The van der Waals surface area contributed by atoms with Gasteiger partial charge < -0.3 is 5.11 Å². The van der Waals surface area contributed by atoms with E-state index < -0.39 is 0 Å². The summed E-state index contributed by atoms with van der Waals surface area (Å²) >= 11 is 1.80. The Morgan fingerprint density at radius 1 is 1.23 bits per heavy atom. The summed E-state index contributed by atoms with van der Waals surface area (Å²) in [5, 5.41) is 9.29. The zero-order chi connectivity index (χ0) is 9.68. The minimum absolute atomic E-state index is 0.212. The first-order valence-electron chi connectivity index (χ1n) is 4.56. The first kappa shape index (κ1) is 10.6. The summed E-state index contributed by atoms with van der Waals surface area (Å²) in [4.78, 5) is 1.27. The first-order valence-corrected chi connectivity index (χ1v) is 5.54. The van der Waals surface area contributed by atoms with E-state index in [1.54, 1.807) is 11.8 Å². The number of hydrogen-bond donors (Lipinski definition) is 1. The molecular weight excluding hydrogens is 180 g/mol. The van der Waals surface area contributed by atoms with Gasteiger partial charge in [-0.15, -0.1) is 11.8 Å². The lowest BCUT2D eigenvalue weighted by Crippen LogP contribution is -2.14. The zero-order valence-electron chi connectivity index (χ0n) is 8.10. The van der Waals surface area contributed by atoms with Gasteiger partial charge in [0.1, 0.15) is 0 Å². The fraction of sp³-hybridized carbons (Fsp3) is 0.455. The third kappa shape index (κ3) is 3.83. The molecule has 0 radical (unpaired) electrons. The Morgan fingerprint density at radius 2 is 1.85 bits per heavy atom. The summed E-state index contributed by atoms with van der Waals surface area (Å²) in [5.74, 6) is 1.33. The van der Waals surface area contributed by atoms with Crippen molar-refractivity contribution >= 4 is 11.8 Å². The molecule has 0 saturated heterocycles. The minimum atomic E-state index is -0.212. The van der Waals surface area contributed by atoms with E-state index in [0.717, 1.165) is 5.75 Å². The van der Waals surface area contributed by atoms with Gasteiger partial charge in [-0.3, -0.25) is 0 Å². The summed E-state index contributed by atoms with van der Waals surface area (Å²) in [5.41, 5.74) is 0. The van der Waals surface area contributed by atoms with Crippen LogP contribution in [0, 0.1) is 5.92 Å². The van der Waals surface area contributed by atoms with E-state index in [0.29, 0.717) is 5.92 Å². The van der Waals surface area contributed by atoms with Crippen LogP contribution in [0.2, 0.25) is 0 Å². The van der Waals surface area contributed by atoms with Crippen LogP contribution in [0.15, 0.2) is 35.2 Å². The highest BCUT2D eigenvalue weighted by atomic mass is 32.2. The quantitative estimate of drug-likeness (QED) is 0.747. The molecule has 72 valence electrons. The molecule has 1 aromatic carbocycles. The molecule has 0 spiro atoms. The van der Waals surface area contributed by atoms with Gasteiger partial charge in [0.15, 0.2) is 0 Å². The number of hydrogen-bond acceptors (Lipinski definition) is 2. The highest BCUT2D eigenvalue weighted by Gasteiger charge is 2.08. The first-order chi connectivity index (χ1) is 6.20. The molecule has 1 nitrogen and oxygen atoms in total. The van der Waals surface area contributed by atoms with Gasteiger partial charge in [0.05, 0.1) is 6.10 Å². The molecule has 0 aromatic heterocycles. The van der Waals surface area contributed by atoms with Crippen LogP contribution < -0.4 is 0 Å². The molecule has 1 rings (SSSR count). The Balaban J connectivity index is 2.35. The van der Waals surface area contributed by atoms with Gasteiger partial charge in [-0.1, -0.05) is 25.1 Å². The molecule has 0 aliphatic carbocycles.